The van der Waals surface area contributed by atoms with Gasteiger partial charge in [-0.25, -0.2) is 0 Å². The summed E-state index contributed by atoms with van der Waals surface area (Å²) >= 11 is 0. The third-order valence-corrected chi connectivity index (χ3v) is 4.96. The minimum atomic E-state index is -4.54. The van der Waals surface area contributed by atoms with Crippen molar-refractivity contribution in [2.75, 3.05) is 39.5 Å². The van der Waals surface area contributed by atoms with Crippen molar-refractivity contribution < 1.29 is 27.4 Å². The Morgan fingerprint density at radius 1 is 1.17 bits per heavy atom. The van der Waals surface area contributed by atoms with Crippen molar-refractivity contribution in [2.45, 2.75) is 19.1 Å². The molecule has 8 heteroatoms. The van der Waals surface area contributed by atoms with Crippen molar-refractivity contribution in [3.8, 4) is 5.75 Å². The predicted molar refractivity (Wildman–Crippen MR) is 106 cm³/mol. The van der Waals surface area contributed by atoms with Crippen LogP contribution in [0.4, 0.5) is 13.2 Å². The smallest absolute Gasteiger partial charge is 0.419 e. The molecule has 1 saturated heterocycles. The topological polar surface area (TPSA) is 50.8 Å². The normalized spacial score (nSPS) is 16.1. The van der Waals surface area contributed by atoms with Crippen LogP contribution in [-0.4, -0.2) is 50.3 Å². The van der Waals surface area contributed by atoms with Gasteiger partial charge in [0.2, 0.25) is 0 Å². The summed E-state index contributed by atoms with van der Waals surface area (Å²) in [6.07, 6.45) is -4.54. The van der Waals surface area contributed by atoms with E-state index in [1.165, 1.54) is 18.2 Å². The Morgan fingerprint density at radius 2 is 1.90 bits per heavy atom. The Morgan fingerprint density at radius 3 is 2.60 bits per heavy atom. The Hall–Kier alpha value is -2.58. The fourth-order valence-electron chi connectivity index (χ4n) is 3.46. The van der Waals surface area contributed by atoms with Crippen molar-refractivity contribution in [3.05, 3.63) is 65.2 Å². The lowest BCUT2D eigenvalue weighted by atomic mass is 10.0. The highest BCUT2D eigenvalue weighted by Gasteiger charge is 2.34. The van der Waals surface area contributed by atoms with Crippen molar-refractivity contribution in [3.63, 3.8) is 0 Å². The maximum atomic E-state index is 13.1. The Kier molecular flexibility index (Phi) is 7.33. The second-order valence-corrected chi connectivity index (χ2v) is 7.16. The van der Waals surface area contributed by atoms with Gasteiger partial charge in [-0.1, -0.05) is 42.0 Å². The van der Waals surface area contributed by atoms with E-state index in [1.54, 1.807) is 0 Å². The van der Waals surface area contributed by atoms with E-state index in [0.29, 0.717) is 19.8 Å². The number of aryl methyl sites for hydroxylation is 1. The Labute approximate surface area is 173 Å². The minimum absolute atomic E-state index is 0.0554. The molecule has 1 aliphatic rings. The number of hydrogen-bond acceptors (Lipinski definition) is 4. The molecule has 0 bridgehead atoms. The Balaban J connectivity index is 1.62. The number of benzene rings is 2. The monoisotopic (exact) mass is 422 g/mol. The molecule has 0 radical (unpaired) electrons. The van der Waals surface area contributed by atoms with Crippen molar-refractivity contribution in [1.29, 1.82) is 0 Å². The van der Waals surface area contributed by atoms with Gasteiger partial charge in [-0.05, 0) is 24.6 Å². The highest BCUT2D eigenvalue weighted by molar-refractivity contribution is 5.77. The summed E-state index contributed by atoms with van der Waals surface area (Å²) in [6.45, 7) is 4.56. The number of ether oxygens (including phenoxy) is 2. The van der Waals surface area contributed by atoms with Crippen LogP contribution in [0.3, 0.4) is 0 Å². The molecule has 162 valence electrons. The molecule has 0 saturated carbocycles. The number of amides is 1. The van der Waals surface area contributed by atoms with Crippen molar-refractivity contribution in [2.24, 2.45) is 0 Å². The van der Waals surface area contributed by atoms with E-state index in [2.05, 4.69) is 16.3 Å². The standard InChI is InChI=1S/C22H25F3N2O3/c1-16-5-4-6-17(13-16)19(27-9-11-29-12-10-27)14-26-21(28)15-30-20-8-3-2-7-18(20)22(23,24)25/h2-8,13,19H,9-12,14-15H2,1H3,(H,26,28). The average molecular weight is 422 g/mol. The third-order valence-electron chi connectivity index (χ3n) is 4.96. The van der Waals surface area contributed by atoms with E-state index in [9.17, 15) is 18.0 Å². The van der Waals surface area contributed by atoms with Crippen LogP contribution < -0.4 is 10.1 Å². The first kappa shape index (κ1) is 22.1. The number of nitrogens with zero attached hydrogens (tertiary/aromatic N) is 1. The van der Waals surface area contributed by atoms with Crippen LogP contribution >= 0.6 is 0 Å². The number of alkyl halides is 3. The van der Waals surface area contributed by atoms with Crippen LogP contribution in [0, 0.1) is 6.92 Å². The maximum Gasteiger partial charge on any atom is 0.419 e. The maximum absolute atomic E-state index is 13.1. The van der Waals surface area contributed by atoms with E-state index in [4.69, 9.17) is 9.47 Å². The number of rotatable bonds is 7. The van der Waals surface area contributed by atoms with Gasteiger partial charge in [-0.2, -0.15) is 13.2 Å². The van der Waals surface area contributed by atoms with E-state index >= 15 is 0 Å². The highest BCUT2D eigenvalue weighted by Crippen LogP contribution is 2.35. The first-order valence-corrected chi connectivity index (χ1v) is 9.78. The quantitative estimate of drug-likeness (QED) is 0.741. The van der Waals surface area contributed by atoms with Crippen LogP contribution in [0.2, 0.25) is 0 Å². The van der Waals surface area contributed by atoms with Gasteiger partial charge in [-0.15, -0.1) is 0 Å². The summed E-state index contributed by atoms with van der Waals surface area (Å²) < 4.78 is 49.8. The van der Waals surface area contributed by atoms with Crippen LogP contribution in [0.5, 0.6) is 5.75 Å². The molecule has 0 aromatic heterocycles. The number of hydrogen-bond donors (Lipinski definition) is 1. The SMILES string of the molecule is Cc1cccc(C(CNC(=O)COc2ccccc2C(F)(F)F)N2CCOCC2)c1. The van der Waals surface area contributed by atoms with E-state index in [1.807, 2.05) is 25.1 Å². The van der Waals surface area contributed by atoms with Gasteiger partial charge in [0, 0.05) is 19.6 Å². The fraction of sp³-hybridized carbons (Fsp3) is 0.409. The van der Waals surface area contributed by atoms with Gasteiger partial charge in [0.05, 0.1) is 24.8 Å². The average Bonchev–Trinajstić information content (AvgIpc) is 2.73. The number of halogens is 3. The van der Waals surface area contributed by atoms with Gasteiger partial charge in [0.15, 0.2) is 6.61 Å². The lowest BCUT2D eigenvalue weighted by molar-refractivity contribution is -0.139. The van der Waals surface area contributed by atoms with E-state index < -0.39 is 24.3 Å². The number of carbonyl (C=O) groups excluding carboxylic acids is 1. The zero-order valence-corrected chi connectivity index (χ0v) is 16.7. The first-order chi connectivity index (χ1) is 14.3. The molecule has 1 N–H and O–H groups in total. The van der Waals surface area contributed by atoms with Gasteiger partial charge >= 0.3 is 6.18 Å². The van der Waals surface area contributed by atoms with Gasteiger partial charge in [0.25, 0.3) is 5.91 Å². The van der Waals surface area contributed by atoms with Crippen LogP contribution in [0.1, 0.15) is 22.7 Å². The van der Waals surface area contributed by atoms with Gasteiger partial charge in [-0.3, -0.25) is 9.69 Å². The fourth-order valence-corrected chi connectivity index (χ4v) is 3.46. The second-order valence-electron chi connectivity index (χ2n) is 7.16. The number of nitrogens with one attached hydrogen (secondary N) is 1. The predicted octanol–water partition coefficient (Wildman–Crippen LogP) is 3.58. The van der Waals surface area contributed by atoms with E-state index in [0.717, 1.165) is 30.3 Å². The largest absolute Gasteiger partial charge is 0.483 e. The lowest BCUT2D eigenvalue weighted by Crippen LogP contribution is -2.44. The number of morpholine rings is 1. The summed E-state index contributed by atoms with van der Waals surface area (Å²) in [5, 5.41) is 2.80. The molecule has 1 heterocycles. The molecule has 1 unspecified atom stereocenters. The van der Waals surface area contributed by atoms with Crippen molar-refractivity contribution in [1.82, 2.24) is 10.2 Å². The van der Waals surface area contributed by atoms with Crippen molar-refractivity contribution >= 4 is 5.91 Å². The molecule has 1 fully saturated rings. The number of para-hydroxylation sites is 1. The summed E-state index contributed by atoms with van der Waals surface area (Å²) in [6, 6.07) is 12.9. The lowest BCUT2D eigenvalue weighted by Gasteiger charge is -2.35. The van der Waals surface area contributed by atoms with Crippen LogP contribution in [0.15, 0.2) is 48.5 Å². The van der Waals surface area contributed by atoms with E-state index in [-0.39, 0.29) is 11.8 Å². The molecular weight excluding hydrogens is 397 g/mol. The summed E-state index contributed by atoms with van der Waals surface area (Å²) in [5.74, 6) is -0.832. The zero-order valence-electron chi connectivity index (χ0n) is 16.7. The zero-order chi connectivity index (χ0) is 21.6. The Bertz CT molecular complexity index is 852. The summed E-state index contributed by atoms with van der Waals surface area (Å²) in [5.41, 5.74) is 1.29. The first-order valence-electron chi connectivity index (χ1n) is 9.78. The molecule has 0 aliphatic carbocycles. The minimum Gasteiger partial charge on any atom is -0.483 e. The van der Waals surface area contributed by atoms with Gasteiger partial charge in [0.1, 0.15) is 5.75 Å². The second kappa shape index (κ2) is 9.95. The molecule has 2 aromatic carbocycles. The molecule has 30 heavy (non-hydrogen) atoms. The summed E-state index contributed by atoms with van der Waals surface area (Å²) in [4.78, 5) is 14.5. The molecule has 1 aliphatic heterocycles. The van der Waals surface area contributed by atoms with Crippen LogP contribution in [0.25, 0.3) is 0 Å². The molecule has 0 spiro atoms. The third kappa shape index (κ3) is 5.96. The van der Waals surface area contributed by atoms with Crippen LogP contribution in [-0.2, 0) is 15.7 Å². The summed E-state index contributed by atoms with van der Waals surface area (Å²) in [7, 11) is 0. The number of carbonyl (C=O) groups is 1. The highest BCUT2D eigenvalue weighted by atomic mass is 19.4. The molecule has 1 atom stereocenters. The molecular formula is C22H25F3N2O3. The molecule has 2 aromatic rings. The van der Waals surface area contributed by atoms with Gasteiger partial charge < -0.3 is 14.8 Å². The molecule has 5 nitrogen and oxygen atoms in total. The molecule has 3 rings (SSSR count). The molecule has 1 amide bonds.